The van der Waals surface area contributed by atoms with Gasteiger partial charge in [0.1, 0.15) is 5.82 Å². The van der Waals surface area contributed by atoms with Crippen molar-refractivity contribution in [1.82, 2.24) is 15.2 Å². The number of rotatable bonds is 3. The van der Waals surface area contributed by atoms with E-state index in [0.29, 0.717) is 6.04 Å². The Hall–Kier alpha value is -0.840. The highest BCUT2D eigenvalue weighted by Crippen LogP contribution is 2.18. The van der Waals surface area contributed by atoms with Gasteiger partial charge in [-0.3, -0.25) is 4.90 Å². The number of nitrogens with one attached hydrogen (secondary N) is 1. The fourth-order valence-corrected chi connectivity index (χ4v) is 3.06. The predicted octanol–water partition coefficient (Wildman–Crippen LogP) is 1.90. The molecule has 0 saturated carbocycles. The van der Waals surface area contributed by atoms with Crippen molar-refractivity contribution in [3.05, 3.63) is 23.9 Å². The molecular weight excluding hydrogens is 272 g/mol. The topological polar surface area (TPSA) is 31.4 Å². The molecule has 0 unspecified atom stereocenters. The van der Waals surface area contributed by atoms with Crippen molar-refractivity contribution in [2.24, 2.45) is 0 Å². The van der Waals surface area contributed by atoms with Gasteiger partial charge in [0, 0.05) is 51.5 Å². The molecule has 2 aliphatic rings. The van der Waals surface area contributed by atoms with Crippen LogP contribution < -0.4 is 10.2 Å². The third kappa shape index (κ3) is 3.84. The molecule has 1 aromatic rings. The molecule has 3 heterocycles. The maximum absolute atomic E-state index is 4.63. The lowest BCUT2D eigenvalue weighted by atomic mass is 10.2. The van der Waals surface area contributed by atoms with E-state index in [0.717, 1.165) is 32.0 Å². The Kier molecular flexibility index (Phi) is 5.64. The third-order valence-corrected chi connectivity index (χ3v) is 4.10. The minimum absolute atomic E-state index is 0. The summed E-state index contributed by atoms with van der Waals surface area (Å²) in [6.45, 7) is 8.98. The first-order valence-electron chi connectivity index (χ1n) is 7.47. The second kappa shape index (κ2) is 7.25. The molecule has 4 nitrogen and oxygen atoms in total. The average molecular weight is 297 g/mol. The zero-order valence-electron chi connectivity index (χ0n) is 12.2. The Morgan fingerprint density at radius 3 is 2.70 bits per heavy atom. The summed E-state index contributed by atoms with van der Waals surface area (Å²) in [7, 11) is 0. The highest BCUT2D eigenvalue weighted by molar-refractivity contribution is 5.85. The summed E-state index contributed by atoms with van der Waals surface area (Å²) in [6, 6.07) is 5.03. The quantitative estimate of drug-likeness (QED) is 0.923. The summed E-state index contributed by atoms with van der Waals surface area (Å²) in [5, 5.41) is 3.48. The molecule has 2 aliphatic heterocycles. The summed E-state index contributed by atoms with van der Waals surface area (Å²) in [5.74, 6) is 1.15. The molecular formula is C15H25ClN4. The number of aromatic nitrogens is 1. The number of hydrogen-bond donors (Lipinski definition) is 1. The number of hydrogen-bond acceptors (Lipinski definition) is 4. The average Bonchev–Trinajstić information content (AvgIpc) is 2.94. The smallest absolute Gasteiger partial charge is 0.128 e. The molecule has 2 fully saturated rings. The highest BCUT2D eigenvalue weighted by atomic mass is 35.5. The van der Waals surface area contributed by atoms with Crippen molar-refractivity contribution < 1.29 is 0 Å². The van der Waals surface area contributed by atoms with Crippen LogP contribution in [0.25, 0.3) is 0 Å². The molecule has 0 radical (unpaired) electrons. The van der Waals surface area contributed by atoms with Gasteiger partial charge in [0.2, 0.25) is 0 Å². The van der Waals surface area contributed by atoms with Crippen LogP contribution in [0, 0.1) is 0 Å². The number of nitrogens with zero attached hydrogens (tertiary/aromatic N) is 3. The minimum atomic E-state index is 0. The van der Waals surface area contributed by atoms with Crippen molar-refractivity contribution in [3.63, 3.8) is 0 Å². The molecule has 3 rings (SSSR count). The Morgan fingerprint density at radius 2 is 2.05 bits per heavy atom. The van der Waals surface area contributed by atoms with Gasteiger partial charge in [-0.15, -0.1) is 12.4 Å². The molecule has 0 aliphatic carbocycles. The summed E-state index contributed by atoms with van der Waals surface area (Å²) in [6.07, 6.45) is 4.67. The standard InChI is InChI=1S/C15H24N4.ClH/c1-13-11-18(9-6-16-13)12-14-4-5-15(17-10-14)19-7-2-3-8-19;/h4-5,10,13,16H,2-3,6-9,11-12H2,1H3;1H/t13-;/m0./s1. The van der Waals surface area contributed by atoms with E-state index < -0.39 is 0 Å². The van der Waals surface area contributed by atoms with E-state index in [1.165, 1.54) is 31.5 Å². The number of piperazine rings is 1. The Bertz CT molecular complexity index is 403. The van der Waals surface area contributed by atoms with Gasteiger partial charge >= 0.3 is 0 Å². The zero-order valence-corrected chi connectivity index (χ0v) is 13.0. The van der Waals surface area contributed by atoms with E-state index in [-0.39, 0.29) is 12.4 Å². The van der Waals surface area contributed by atoms with E-state index >= 15 is 0 Å². The van der Waals surface area contributed by atoms with Gasteiger partial charge in [0.25, 0.3) is 0 Å². The Labute approximate surface area is 128 Å². The molecule has 1 atom stereocenters. The van der Waals surface area contributed by atoms with Gasteiger partial charge in [0.15, 0.2) is 0 Å². The number of anilines is 1. The third-order valence-electron chi connectivity index (χ3n) is 4.10. The second-order valence-corrected chi connectivity index (χ2v) is 5.81. The van der Waals surface area contributed by atoms with Crippen LogP contribution >= 0.6 is 12.4 Å². The summed E-state index contributed by atoms with van der Waals surface area (Å²) in [5.41, 5.74) is 1.33. The van der Waals surface area contributed by atoms with Crippen LogP contribution in [0.3, 0.4) is 0 Å². The van der Waals surface area contributed by atoms with E-state index in [1.54, 1.807) is 0 Å². The van der Waals surface area contributed by atoms with Crippen LogP contribution in [0.1, 0.15) is 25.3 Å². The van der Waals surface area contributed by atoms with Crippen LogP contribution in [0.15, 0.2) is 18.3 Å². The molecule has 112 valence electrons. The molecule has 20 heavy (non-hydrogen) atoms. The van der Waals surface area contributed by atoms with E-state index in [1.807, 2.05) is 0 Å². The fourth-order valence-electron chi connectivity index (χ4n) is 3.06. The lowest BCUT2D eigenvalue weighted by molar-refractivity contribution is 0.199. The molecule has 0 amide bonds. The largest absolute Gasteiger partial charge is 0.357 e. The Morgan fingerprint density at radius 1 is 1.25 bits per heavy atom. The molecule has 0 spiro atoms. The molecule has 0 aromatic carbocycles. The van der Waals surface area contributed by atoms with Crippen LogP contribution in [0.2, 0.25) is 0 Å². The Balaban J connectivity index is 0.00000147. The molecule has 1 aromatic heterocycles. The van der Waals surface area contributed by atoms with Crippen molar-refractivity contribution in [2.45, 2.75) is 32.4 Å². The van der Waals surface area contributed by atoms with Gasteiger partial charge in [-0.25, -0.2) is 4.98 Å². The van der Waals surface area contributed by atoms with Gasteiger partial charge in [-0.05, 0) is 31.4 Å². The van der Waals surface area contributed by atoms with Crippen LogP contribution in [0.5, 0.6) is 0 Å². The maximum atomic E-state index is 4.63. The summed E-state index contributed by atoms with van der Waals surface area (Å²) >= 11 is 0. The number of pyridine rings is 1. The van der Waals surface area contributed by atoms with Crippen LogP contribution in [-0.2, 0) is 6.54 Å². The van der Waals surface area contributed by atoms with Crippen molar-refractivity contribution in [2.75, 3.05) is 37.6 Å². The van der Waals surface area contributed by atoms with E-state index in [2.05, 4.69) is 45.4 Å². The van der Waals surface area contributed by atoms with E-state index in [9.17, 15) is 0 Å². The summed E-state index contributed by atoms with van der Waals surface area (Å²) < 4.78 is 0. The zero-order chi connectivity index (χ0) is 13.1. The monoisotopic (exact) mass is 296 g/mol. The molecule has 2 saturated heterocycles. The highest BCUT2D eigenvalue weighted by Gasteiger charge is 2.16. The van der Waals surface area contributed by atoms with Gasteiger partial charge in [-0.2, -0.15) is 0 Å². The van der Waals surface area contributed by atoms with Gasteiger partial charge in [-0.1, -0.05) is 6.07 Å². The van der Waals surface area contributed by atoms with Crippen LogP contribution in [0.4, 0.5) is 5.82 Å². The first kappa shape index (κ1) is 15.5. The van der Waals surface area contributed by atoms with Crippen molar-refractivity contribution >= 4 is 18.2 Å². The molecule has 1 N–H and O–H groups in total. The predicted molar refractivity (Wildman–Crippen MR) is 85.7 cm³/mol. The van der Waals surface area contributed by atoms with Crippen LogP contribution in [-0.4, -0.2) is 48.6 Å². The SMILES string of the molecule is C[C@H]1CN(Cc2ccc(N3CCCC3)nc2)CCN1.Cl. The summed E-state index contributed by atoms with van der Waals surface area (Å²) in [4.78, 5) is 9.52. The van der Waals surface area contributed by atoms with Gasteiger partial charge < -0.3 is 10.2 Å². The maximum Gasteiger partial charge on any atom is 0.128 e. The van der Waals surface area contributed by atoms with E-state index in [4.69, 9.17) is 0 Å². The minimum Gasteiger partial charge on any atom is -0.357 e. The molecule has 5 heteroatoms. The van der Waals surface area contributed by atoms with Crippen molar-refractivity contribution in [1.29, 1.82) is 0 Å². The second-order valence-electron chi connectivity index (χ2n) is 5.81. The van der Waals surface area contributed by atoms with Crippen molar-refractivity contribution in [3.8, 4) is 0 Å². The fraction of sp³-hybridized carbons (Fsp3) is 0.667. The number of halogens is 1. The lowest BCUT2D eigenvalue weighted by Gasteiger charge is -2.31. The first-order valence-corrected chi connectivity index (χ1v) is 7.47. The van der Waals surface area contributed by atoms with Gasteiger partial charge in [0.05, 0.1) is 0 Å². The first-order chi connectivity index (χ1) is 9.31. The normalized spacial score (nSPS) is 23.6. The lowest BCUT2D eigenvalue weighted by Crippen LogP contribution is -2.48. The molecule has 0 bridgehead atoms.